The molecule has 1 fully saturated rings. The van der Waals surface area contributed by atoms with Gasteiger partial charge in [0, 0.05) is 25.2 Å². The van der Waals surface area contributed by atoms with E-state index in [4.69, 9.17) is 4.74 Å². The average Bonchev–Trinajstić information content (AvgIpc) is 2.96. The lowest BCUT2D eigenvalue weighted by molar-refractivity contribution is -0.0318. The number of benzene rings is 3. The van der Waals surface area contributed by atoms with Crippen LogP contribution >= 0.6 is 0 Å². The van der Waals surface area contributed by atoms with Gasteiger partial charge in [-0.2, -0.15) is 0 Å². The Morgan fingerprint density at radius 2 is 1.58 bits per heavy atom. The number of carbonyl (C=O) groups excluding carboxylic acids is 2. The van der Waals surface area contributed by atoms with E-state index in [1.165, 1.54) is 0 Å². The van der Waals surface area contributed by atoms with Crippen molar-refractivity contribution >= 4 is 11.8 Å². The highest BCUT2D eigenvalue weighted by Gasteiger charge is 2.36. The Hall–Kier alpha value is -3.32. The van der Waals surface area contributed by atoms with Crippen molar-refractivity contribution < 1.29 is 19.4 Å². The number of hydrogen-bond acceptors (Lipinski definition) is 6. The summed E-state index contributed by atoms with van der Waals surface area (Å²) in [5.41, 5.74) is 2.22. The molecule has 1 saturated heterocycles. The van der Waals surface area contributed by atoms with Crippen LogP contribution in [0, 0.1) is 0 Å². The maximum absolute atomic E-state index is 13.2. The Morgan fingerprint density at radius 1 is 0.921 bits per heavy atom. The molecule has 200 valence electrons. The van der Waals surface area contributed by atoms with Gasteiger partial charge in [0.25, 0.3) is 0 Å². The smallest absolute Gasteiger partial charge is 0.343 e. The summed E-state index contributed by atoms with van der Waals surface area (Å²) < 4.78 is 5.59. The van der Waals surface area contributed by atoms with Gasteiger partial charge in [-0.05, 0) is 80.4 Å². The van der Waals surface area contributed by atoms with Crippen LogP contribution in [-0.4, -0.2) is 58.9 Å². The Balaban J connectivity index is 1.34. The van der Waals surface area contributed by atoms with Crippen molar-refractivity contribution in [1.29, 1.82) is 0 Å². The number of aliphatic hydroxyl groups is 1. The lowest BCUT2D eigenvalue weighted by atomic mass is 9.84. The molecule has 0 amide bonds. The fourth-order valence-corrected chi connectivity index (χ4v) is 5.08. The first-order valence-corrected chi connectivity index (χ1v) is 13.5. The monoisotopic (exact) mass is 514 g/mol. The second-order valence-corrected chi connectivity index (χ2v) is 10.0. The van der Waals surface area contributed by atoms with Gasteiger partial charge in [-0.25, -0.2) is 4.79 Å². The molecule has 0 aliphatic carbocycles. The molecule has 0 aromatic heterocycles. The molecule has 1 aliphatic rings. The summed E-state index contributed by atoms with van der Waals surface area (Å²) in [7, 11) is 0. The first kappa shape index (κ1) is 27.7. The number of Topliss-reactive ketones (excluding diaryl/α,β-unsaturated/α-hetero) is 1. The SMILES string of the molecule is CCN(CC)Cc1cccc(C(=O)Oc2ccc(C(=O)C(C)N3CCC(O)(c4ccccc4)CC3)cc2)c1. The minimum Gasteiger partial charge on any atom is -0.423 e. The number of ketones is 1. The van der Waals surface area contributed by atoms with Crippen molar-refractivity contribution in [2.45, 2.75) is 51.8 Å². The maximum atomic E-state index is 13.2. The molecule has 1 N–H and O–H groups in total. The highest BCUT2D eigenvalue weighted by molar-refractivity contribution is 6.00. The summed E-state index contributed by atoms with van der Waals surface area (Å²) in [6, 6.07) is 23.7. The number of nitrogens with zero attached hydrogens (tertiary/aromatic N) is 2. The van der Waals surface area contributed by atoms with Crippen molar-refractivity contribution in [3.8, 4) is 5.75 Å². The van der Waals surface area contributed by atoms with Crippen molar-refractivity contribution in [2.24, 2.45) is 0 Å². The first-order valence-electron chi connectivity index (χ1n) is 13.5. The fourth-order valence-electron chi connectivity index (χ4n) is 5.08. The molecule has 0 radical (unpaired) electrons. The molecule has 3 aromatic rings. The molecule has 0 spiro atoms. The lowest BCUT2D eigenvalue weighted by Crippen LogP contribution is -2.48. The molecule has 3 aromatic carbocycles. The van der Waals surface area contributed by atoms with Gasteiger partial charge < -0.3 is 9.84 Å². The van der Waals surface area contributed by atoms with Crippen molar-refractivity contribution in [1.82, 2.24) is 9.80 Å². The molecule has 1 aliphatic heterocycles. The summed E-state index contributed by atoms with van der Waals surface area (Å²) in [5.74, 6) is -0.00515. The van der Waals surface area contributed by atoms with Gasteiger partial charge in [0.15, 0.2) is 5.78 Å². The zero-order chi connectivity index (χ0) is 27.1. The van der Waals surface area contributed by atoms with Gasteiger partial charge in [0.1, 0.15) is 5.75 Å². The zero-order valence-electron chi connectivity index (χ0n) is 22.6. The molecular formula is C32H38N2O4. The predicted molar refractivity (Wildman–Crippen MR) is 149 cm³/mol. The van der Waals surface area contributed by atoms with Crippen molar-refractivity contribution in [3.63, 3.8) is 0 Å². The molecule has 1 atom stereocenters. The fraction of sp³-hybridized carbons (Fsp3) is 0.375. The van der Waals surface area contributed by atoms with E-state index in [2.05, 4.69) is 23.6 Å². The standard InChI is InChI=1S/C32H38N2O4/c1-4-33(5-2)23-25-10-9-11-27(22-25)31(36)38-29-16-14-26(15-17-29)30(35)24(3)34-20-18-32(37,19-21-34)28-12-7-6-8-13-28/h6-17,22,24,37H,4-5,18-21,23H2,1-3H3. The van der Waals surface area contributed by atoms with Crippen LogP contribution in [0.3, 0.4) is 0 Å². The number of ether oxygens (including phenoxy) is 1. The predicted octanol–water partition coefficient (Wildman–Crippen LogP) is 5.30. The normalized spacial score (nSPS) is 16.2. The molecule has 6 nitrogen and oxygen atoms in total. The van der Waals surface area contributed by atoms with Crippen LogP contribution in [-0.2, 0) is 12.1 Å². The number of rotatable bonds is 10. The summed E-state index contributed by atoms with van der Waals surface area (Å²) in [6.07, 6.45) is 1.17. The van der Waals surface area contributed by atoms with Crippen molar-refractivity contribution in [2.75, 3.05) is 26.2 Å². The summed E-state index contributed by atoms with van der Waals surface area (Å²) in [4.78, 5) is 30.3. The number of carbonyl (C=O) groups is 2. The van der Waals surface area contributed by atoms with Crippen LogP contribution in [0.25, 0.3) is 0 Å². The minimum atomic E-state index is -0.850. The summed E-state index contributed by atoms with van der Waals surface area (Å²) in [6.45, 7) is 10.1. The molecular weight excluding hydrogens is 476 g/mol. The van der Waals surface area contributed by atoms with E-state index in [1.54, 1.807) is 30.3 Å². The highest BCUT2D eigenvalue weighted by atomic mass is 16.5. The first-order chi connectivity index (χ1) is 18.3. The van der Waals surface area contributed by atoms with E-state index >= 15 is 0 Å². The molecule has 1 unspecified atom stereocenters. The van der Waals surface area contributed by atoms with Crippen LogP contribution in [0.2, 0.25) is 0 Å². The van der Waals surface area contributed by atoms with E-state index in [0.29, 0.717) is 42.8 Å². The maximum Gasteiger partial charge on any atom is 0.343 e. The lowest BCUT2D eigenvalue weighted by Gasteiger charge is -2.40. The Bertz CT molecular complexity index is 1210. The number of hydrogen-bond donors (Lipinski definition) is 1. The minimum absolute atomic E-state index is 0.0112. The molecule has 0 saturated carbocycles. The van der Waals surface area contributed by atoms with Gasteiger partial charge in [-0.15, -0.1) is 0 Å². The van der Waals surface area contributed by atoms with E-state index in [9.17, 15) is 14.7 Å². The topological polar surface area (TPSA) is 70.1 Å². The number of likely N-dealkylation sites (tertiary alicyclic amines) is 1. The van der Waals surface area contributed by atoms with E-state index < -0.39 is 11.6 Å². The van der Waals surface area contributed by atoms with E-state index in [0.717, 1.165) is 30.8 Å². The van der Waals surface area contributed by atoms with Crippen molar-refractivity contribution in [3.05, 3.63) is 101 Å². The second-order valence-electron chi connectivity index (χ2n) is 10.0. The number of piperidine rings is 1. The quantitative estimate of drug-likeness (QED) is 0.225. The zero-order valence-corrected chi connectivity index (χ0v) is 22.6. The third-order valence-corrected chi connectivity index (χ3v) is 7.68. The molecule has 6 heteroatoms. The molecule has 0 bridgehead atoms. The van der Waals surface area contributed by atoms with Gasteiger partial charge in [0.2, 0.25) is 0 Å². The highest BCUT2D eigenvalue weighted by Crippen LogP contribution is 2.33. The van der Waals surface area contributed by atoms with Crippen LogP contribution in [0.1, 0.15) is 65.5 Å². The van der Waals surface area contributed by atoms with Gasteiger partial charge in [-0.3, -0.25) is 14.6 Å². The van der Waals surface area contributed by atoms with Gasteiger partial charge in [0.05, 0.1) is 17.2 Å². The van der Waals surface area contributed by atoms with E-state index in [-0.39, 0.29) is 11.8 Å². The van der Waals surface area contributed by atoms with Crippen LogP contribution in [0.4, 0.5) is 0 Å². The Labute approximate surface area is 225 Å². The molecule has 1 heterocycles. The largest absolute Gasteiger partial charge is 0.423 e. The Kier molecular flexibility index (Phi) is 9.10. The van der Waals surface area contributed by atoms with Gasteiger partial charge in [-0.1, -0.05) is 56.3 Å². The average molecular weight is 515 g/mol. The summed E-state index contributed by atoms with van der Waals surface area (Å²) in [5, 5.41) is 11.1. The molecule has 4 rings (SSSR count). The van der Waals surface area contributed by atoms with Crippen LogP contribution < -0.4 is 4.74 Å². The van der Waals surface area contributed by atoms with E-state index in [1.807, 2.05) is 55.5 Å². The second kappa shape index (κ2) is 12.5. The third-order valence-electron chi connectivity index (χ3n) is 7.68. The summed E-state index contributed by atoms with van der Waals surface area (Å²) >= 11 is 0. The Morgan fingerprint density at radius 3 is 2.21 bits per heavy atom. The van der Waals surface area contributed by atoms with Gasteiger partial charge >= 0.3 is 5.97 Å². The van der Waals surface area contributed by atoms with Crippen LogP contribution in [0.5, 0.6) is 5.75 Å². The number of esters is 1. The third kappa shape index (κ3) is 6.57. The molecule has 38 heavy (non-hydrogen) atoms. The van der Waals surface area contributed by atoms with Crippen LogP contribution in [0.15, 0.2) is 78.9 Å².